The summed E-state index contributed by atoms with van der Waals surface area (Å²) in [6.45, 7) is 4.77. The Balaban J connectivity index is 2.46. The van der Waals surface area contributed by atoms with Gasteiger partial charge in [0.2, 0.25) is 0 Å². The van der Waals surface area contributed by atoms with Crippen LogP contribution < -0.4 is 5.73 Å². The SMILES string of the molecule is Cc1ccc(-n2nncc2CCN)c(C)c1. The Morgan fingerprint density at radius 3 is 2.81 bits per heavy atom. The molecule has 0 aliphatic rings. The quantitative estimate of drug-likeness (QED) is 0.843. The van der Waals surface area contributed by atoms with E-state index in [-0.39, 0.29) is 0 Å². The van der Waals surface area contributed by atoms with E-state index in [0.717, 1.165) is 17.8 Å². The minimum atomic E-state index is 0.609. The van der Waals surface area contributed by atoms with Crippen LogP contribution in [0.25, 0.3) is 5.69 Å². The Morgan fingerprint density at radius 2 is 2.12 bits per heavy atom. The molecule has 2 aromatic rings. The third-order valence-corrected chi connectivity index (χ3v) is 2.60. The van der Waals surface area contributed by atoms with Gasteiger partial charge in [-0.05, 0) is 32.0 Å². The first-order valence-electron chi connectivity index (χ1n) is 5.39. The summed E-state index contributed by atoms with van der Waals surface area (Å²) in [6, 6.07) is 6.29. The Hall–Kier alpha value is -1.68. The van der Waals surface area contributed by atoms with Crippen LogP contribution in [-0.2, 0) is 6.42 Å². The molecular formula is C12H16N4. The largest absolute Gasteiger partial charge is 0.330 e. The molecule has 4 nitrogen and oxygen atoms in total. The number of hydrogen-bond acceptors (Lipinski definition) is 3. The van der Waals surface area contributed by atoms with Crippen molar-refractivity contribution in [3.8, 4) is 5.69 Å². The zero-order valence-electron chi connectivity index (χ0n) is 9.64. The molecule has 2 N–H and O–H groups in total. The van der Waals surface area contributed by atoms with E-state index in [1.54, 1.807) is 6.20 Å². The molecule has 0 atom stereocenters. The highest BCUT2D eigenvalue weighted by molar-refractivity contribution is 5.42. The van der Waals surface area contributed by atoms with Crippen molar-refractivity contribution in [2.45, 2.75) is 20.3 Å². The Kier molecular flexibility index (Phi) is 3.01. The first kappa shape index (κ1) is 10.8. The van der Waals surface area contributed by atoms with Crippen molar-refractivity contribution >= 4 is 0 Å². The van der Waals surface area contributed by atoms with Gasteiger partial charge in [-0.2, -0.15) is 0 Å². The fraction of sp³-hybridized carbons (Fsp3) is 0.333. The highest BCUT2D eigenvalue weighted by Gasteiger charge is 2.07. The average molecular weight is 216 g/mol. The summed E-state index contributed by atoms with van der Waals surface area (Å²) in [5, 5.41) is 8.04. The van der Waals surface area contributed by atoms with Crippen LogP contribution in [0.1, 0.15) is 16.8 Å². The van der Waals surface area contributed by atoms with Crippen molar-refractivity contribution in [3.05, 3.63) is 41.2 Å². The van der Waals surface area contributed by atoms with Crippen LogP contribution in [0.5, 0.6) is 0 Å². The zero-order chi connectivity index (χ0) is 11.5. The molecule has 0 spiro atoms. The van der Waals surface area contributed by atoms with Crippen LogP contribution in [0.4, 0.5) is 0 Å². The number of nitrogens with two attached hydrogens (primary N) is 1. The maximum Gasteiger partial charge on any atom is 0.0730 e. The first-order valence-corrected chi connectivity index (χ1v) is 5.39. The van der Waals surface area contributed by atoms with E-state index >= 15 is 0 Å². The Morgan fingerprint density at radius 1 is 1.31 bits per heavy atom. The van der Waals surface area contributed by atoms with E-state index in [2.05, 4.69) is 42.4 Å². The van der Waals surface area contributed by atoms with Gasteiger partial charge in [0.05, 0.1) is 17.6 Å². The standard InChI is InChI=1S/C12H16N4/c1-9-3-4-12(10(2)7-9)16-11(5-6-13)8-14-15-16/h3-4,7-8H,5-6,13H2,1-2H3. The second-order valence-electron chi connectivity index (χ2n) is 3.97. The van der Waals surface area contributed by atoms with Crippen molar-refractivity contribution in [3.63, 3.8) is 0 Å². The van der Waals surface area contributed by atoms with Crippen molar-refractivity contribution in [2.24, 2.45) is 5.73 Å². The molecule has 0 bridgehead atoms. The molecule has 0 amide bonds. The van der Waals surface area contributed by atoms with Gasteiger partial charge in [-0.15, -0.1) is 5.10 Å². The molecule has 0 saturated heterocycles. The van der Waals surface area contributed by atoms with E-state index in [1.807, 2.05) is 4.68 Å². The number of rotatable bonds is 3. The smallest absolute Gasteiger partial charge is 0.0730 e. The van der Waals surface area contributed by atoms with Gasteiger partial charge < -0.3 is 5.73 Å². The lowest BCUT2D eigenvalue weighted by Gasteiger charge is -2.09. The summed E-state index contributed by atoms with van der Waals surface area (Å²) in [5.74, 6) is 0. The topological polar surface area (TPSA) is 56.7 Å². The van der Waals surface area contributed by atoms with Crippen LogP contribution in [0.2, 0.25) is 0 Å². The summed E-state index contributed by atoms with van der Waals surface area (Å²) in [4.78, 5) is 0. The fourth-order valence-electron chi connectivity index (χ4n) is 1.82. The molecule has 0 fully saturated rings. The summed E-state index contributed by atoms with van der Waals surface area (Å²) >= 11 is 0. The minimum Gasteiger partial charge on any atom is -0.330 e. The predicted molar refractivity (Wildman–Crippen MR) is 63.6 cm³/mol. The monoisotopic (exact) mass is 216 g/mol. The van der Waals surface area contributed by atoms with E-state index < -0.39 is 0 Å². The van der Waals surface area contributed by atoms with Crippen LogP contribution in [0.3, 0.4) is 0 Å². The lowest BCUT2D eigenvalue weighted by molar-refractivity contribution is 0.751. The van der Waals surface area contributed by atoms with E-state index in [1.165, 1.54) is 11.1 Å². The van der Waals surface area contributed by atoms with Gasteiger partial charge in [0.25, 0.3) is 0 Å². The van der Waals surface area contributed by atoms with Crippen LogP contribution >= 0.6 is 0 Å². The van der Waals surface area contributed by atoms with Gasteiger partial charge in [-0.25, -0.2) is 4.68 Å². The molecule has 0 saturated carbocycles. The van der Waals surface area contributed by atoms with Crippen LogP contribution in [-0.4, -0.2) is 21.5 Å². The minimum absolute atomic E-state index is 0.609. The molecule has 1 aromatic heterocycles. The summed E-state index contributed by atoms with van der Waals surface area (Å²) in [7, 11) is 0. The molecule has 2 rings (SSSR count). The Labute approximate surface area is 95.1 Å². The molecule has 0 aliphatic carbocycles. The molecule has 16 heavy (non-hydrogen) atoms. The first-order chi connectivity index (χ1) is 7.72. The molecular weight excluding hydrogens is 200 g/mol. The van der Waals surface area contributed by atoms with Gasteiger partial charge in [0, 0.05) is 6.42 Å². The highest BCUT2D eigenvalue weighted by Crippen LogP contribution is 2.16. The second kappa shape index (κ2) is 4.45. The van der Waals surface area contributed by atoms with Gasteiger partial charge in [-0.1, -0.05) is 22.9 Å². The number of benzene rings is 1. The Bertz CT molecular complexity index is 488. The maximum absolute atomic E-state index is 5.56. The van der Waals surface area contributed by atoms with Crippen LogP contribution in [0, 0.1) is 13.8 Å². The molecule has 1 heterocycles. The summed E-state index contributed by atoms with van der Waals surface area (Å²) in [5.41, 5.74) is 10.1. The number of aryl methyl sites for hydroxylation is 2. The van der Waals surface area contributed by atoms with Crippen LogP contribution in [0.15, 0.2) is 24.4 Å². The number of aromatic nitrogens is 3. The van der Waals surface area contributed by atoms with Crippen molar-refractivity contribution in [1.29, 1.82) is 0 Å². The lowest BCUT2D eigenvalue weighted by Crippen LogP contribution is -2.09. The number of nitrogens with zero attached hydrogens (tertiary/aromatic N) is 3. The van der Waals surface area contributed by atoms with Crippen molar-refractivity contribution in [2.75, 3.05) is 6.54 Å². The third kappa shape index (κ3) is 1.97. The predicted octanol–water partition coefficient (Wildman–Crippen LogP) is 1.39. The normalized spacial score (nSPS) is 10.7. The van der Waals surface area contributed by atoms with E-state index in [4.69, 9.17) is 5.73 Å². The number of hydrogen-bond donors (Lipinski definition) is 1. The van der Waals surface area contributed by atoms with E-state index in [9.17, 15) is 0 Å². The molecule has 1 aromatic carbocycles. The van der Waals surface area contributed by atoms with Gasteiger partial charge in [0.15, 0.2) is 0 Å². The van der Waals surface area contributed by atoms with Gasteiger partial charge in [-0.3, -0.25) is 0 Å². The van der Waals surface area contributed by atoms with Gasteiger partial charge >= 0.3 is 0 Å². The second-order valence-corrected chi connectivity index (χ2v) is 3.97. The van der Waals surface area contributed by atoms with Gasteiger partial charge in [0.1, 0.15) is 0 Å². The summed E-state index contributed by atoms with van der Waals surface area (Å²) < 4.78 is 1.86. The molecule has 0 aliphatic heterocycles. The average Bonchev–Trinajstić information content (AvgIpc) is 2.67. The molecule has 0 unspecified atom stereocenters. The summed E-state index contributed by atoms with van der Waals surface area (Å²) in [6.07, 6.45) is 2.56. The van der Waals surface area contributed by atoms with Crippen molar-refractivity contribution < 1.29 is 0 Å². The molecule has 4 heteroatoms. The lowest BCUT2D eigenvalue weighted by atomic mass is 10.1. The molecule has 0 radical (unpaired) electrons. The fourth-order valence-corrected chi connectivity index (χ4v) is 1.82. The molecule has 84 valence electrons. The zero-order valence-corrected chi connectivity index (χ0v) is 9.64. The van der Waals surface area contributed by atoms with Crippen molar-refractivity contribution in [1.82, 2.24) is 15.0 Å². The van der Waals surface area contributed by atoms with E-state index in [0.29, 0.717) is 6.54 Å². The highest BCUT2D eigenvalue weighted by atomic mass is 15.4. The third-order valence-electron chi connectivity index (χ3n) is 2.60. The maximum atomic E-state index is 5.56.